The van der Waals surface area contributed by atoms with Gasteiger partial charge in [0.1, 0.15) is 5.75 Å². The van der Waals surface area contributed by atoms with Crippen molar-refractivity contribution in [3.05, 3.63) is 29.3 Å². The van der Waals surface area contributed by atoms with Gasteiger partial charge in [0.25, 0.3) is 0 Å². The zero-order valence-corrected chi connectivity index (χ0v) is 14.0. The van der Waals surface area contributed by atoms with Crippen LogP contribution < -0.4 is 20.6 Å². The van der Waals surface area contributed by atoms with Crippen molar-refractivity contribution in [2.75, 3.05) is 26.9 Å². The molecule has 2 N–H and O–H groups in total. The second-order valence-corrected chi connectivity index (χ2v) is 4.77. The maximum absolute atomic E-state index is 11.6. The molecule has 0 heterocycles. The van der Waals surface area contributed by atoms with E-state index in [4.69, 9.17) is 9.47 Å². The lowest BCUT2D eigenvalue weighted by Crippen LogP contribution is -2.38. The van der Waals surface area contributed by atoms with Gasteiger partial charge in [0.05, 0.1) is 18.8 Å². The van der Waals surface area contributed by atoms with Gasteiger partial charge in [0, 0.05) is 25.8 Å². The Kier molecular flexibility index (Phi) is 8.66. The highest BCUT2D eigenvalue weighted by Crippen LogP contribution is 2.18. The molecular weight excluding hydrogens is 330 g/mol. The Bertz CT molecular complexity index is 645. The van der Waals surface area contributed by atoms with Crippen LogP contribution >= 0.6 is 0 Å². The fourth-order valence-corrected chi connectivity index (χ4v) is 1.77. The first-order valence-corrected chi connectivity index (χ1v) is 7.58. The van der Waals surface area contributed by atoms with E-state index in [0.29, 0.717) is 37.5 Å². The van der Waals surface area contributed by atoms with Crippen molar-refractivity contribution in [3.8, 4) is 5.75 Å². The molecule has 25 heavy (non-hydrogen) atoms. The molecule has 2 amide bonds. The molecule has 0 aromatic heterocycles. The summed E-state index contributed by atoms with van der Waals surface area (Å²) in [7, 11) is 1.54. The number of nitrogens with one attached hydrogen (secondary N) is 2. The Morgan fingerprint density at radius 1 is 1.28 bits per heavy atom. The number of carbonyl (C=O) groups is 3. The minimum atomic E-state index is -1.35. The molecule has 0 saturated heterocycles. The predicted octanol–water partition coefficient (Wildman–Crippen LogP) is -0.948. The van der Waals surface area contributed by atoms with Gasteiger partial charge in [-0.05, 0) is 37.1 Å². The van der Waals surface area contributed by atoms with E-state index < -0.39 is 17.8 Å². The molecule has 0 radical (unpaired) electrons. The van der Waals surface area contributed by atoms with Crippen molar-refractivity contribution >= 4 is 24.0 Å². The first kappa shape index (κ1) is 20.1. The van der Waals surface area contributed by atoms with E-state index in [1.165, 1.54) is 31.5 Å². The number of hydrogen-bond donors (Lipinski definition) is 2. The van der Waals surface area contributed by atoms with Crippen LogP contribution in [-0.4, -0.2) is 50.9 Å². The summed E-state index contributed by atoms with van der Waals surface area (Å²) in [6.45, 7) is 2.89. The molecule has 1 aromatic carbocycles. The summed E-state index contributed by atoms with van der Waals surface area (Å²) in [6, 6.07) is 4.09. The van der Waals surface area contributed by atoms with Crippen LogP contribution in [0.4, 0.5) is 0 Å². The van der Waals surface area contributed by atoms with Gasteiger partial charge in [-0.3, -0.25) is 9.59 Å². The Balaban J connectivity index is 2.67. The zero-order chi connectivity index (χ0) is 18.7. The van der Waals surface area contributed by atoms with Crippen molar-refractivity contribution in [3.63, 3.8) is 0 Å². The van der Waals surface area contributed by atoms with Gasteiger partial charge in [-0.1, -0.05) is 0 Å². The first-order valence-electron chi connectivity index (χ1n) is 7.58. The fraction of sp³-hybridized carbons (Fsp3) is 0.375. The fourth-order valence-electron chi connectivity index (χ4n) is 1.77. The van der Waals surface area contributed by atoms with Crippen LogP contribution in [0.5, 0.6) is 5.75 Å². The number of nitrogens with zero attached hydrogens (tertiary/aromatic N) is 1. The maximum atomic E-state index is 11.6. The lowest BCUT2D eigenvalue weighted by molar-refractivity contribution is -0.255. The first-order chi connectivity index (χ1) is 12.0. The Morgan fingerprint density at radius 3 is 2.68 bits per heavy atom. The summed E-state index contributed by atoms with van der Waals surface area (Å²) < 4.78 is 10.2. The van der Waals surface area contributed by atoms with Crippen molar-refractivity contribution in [1.82, 2.24) is 10.7 Å². The van der Waals surface area contributed by atoms with E-state index in [1.807, 2.05) is 0 Å². The lowest BCUT2D eigenvalue weighted by Gasteiger charge is -2.09. The number of carboxylic acid groups (broad SMARTS) is 1. The summed E-state index contributed by atoms with van der Waals surface area (Å²) in [5, 5.41) is 17.0. The largest absolute Gasteiger partial charge is 0.545 e. The van der Waals surface area contributed by atoms with Crippen molar-refractivity contribution < 1.29 is 29.0 Å². The number of rotatable bonds is 9. The molecule has 1 rings (SSSR count). The van der Waals surface area contributed by atoms with Gasteiger partial charge in [-0.2, -0.15) is 5.10 Å². The number of benzene rings is 1. The minimum Gasteiger partial charge on any atom is -0.545 e. The molecule has 0 bridgehead atoms. The van der Waals surface area contributed by atoms with Crippen molar-refractivity contribution in [2.45, 2.75) is 13.3 Å². The van der Waals surface area contributed by atoms with E-state index >= 15 is 0 Å². The Morgan fingerprint density at radius 2 is 2.04 bits per heavy atom. The van der Waals surface area contributed by atoms with Crippen LogP contribution in [0.25, 0.3) is 0 Å². The third kappa shape index (κ3) is 7.00. The number of aromatic carboxylic acids is 1. The molecule has 0 unspecified atom stereocenters. The summed E-state index contributed by atoms with van der Waals surface area (Å²) >= 11 is 0. The van der Waals surface area contributed by atoms with Gasteiger partial charge >= 0.3 is 11.8 Å². The molecule has 0 aliphatic heterocycles. The van der Waals surface area contributed by atoms with Crippen molar-refractivity contribution in [2.24, 2.45) is 5.10 Å². The standard InChI is InChI=1S/C16H21N3O6/c1-3-25-13-6-5-11(16(22)23)9-12(13)10-18-19-15(21)14(20)17-7-4-8-24-2/h5-6,9-10H,3-4,7-8H2,1-2H3,(H,17,20)(H,19,21)(H,22,23)/p-1/b18-10-. The van der Waals surface area contributed by atoms with Gasteiger partial charge in [-0.15, -0.1) is 0 Å². The number of hydrazone groups is 1. The van der Waals surface area contributed by atoms with E-state index in [2.05, 4.69) is 15.8 Å². The number of carbonyl (C=O) groups excluding carboxylic acids is 3. The molecule has 0 atom stereocenters. The number of ether oxygens (including phenoxy) is 2. The summed E-state index contributed by atoms with van der Waals surface area (Å²) in [4.78, 5) is 34.0. The number of carboxylic acids is 1. The highest BCUT2D eigenvalue weighted by molar-refractivity contribution is 6.35. The molecule has 0 aliphatic carbocycles. The predicted molar refractivity (Wildman–Crippen MR) is 87.2 cm³/mol. The van der Waals surface area contributed by atoms with E-state index in [9.17, 15) is 19.5 Å². The van der Waals surface area contributed by atoms with Crippen LogP contribution in [-0.2, 0) is 14.3 Å². The van der Waals surface area contributed by atoms with Crippen LogP contribution in [0, 0.1) is 0 Å². The summed E-state index contributed by atoms with van der Waals surface area (Å²) in [5.41, 5.74) is 2.32. The molecule has 0 saturated carbocycles. The third-order valence-electron chi connectivity index (χ3n) is 2.93. The second kappa shape index (κ2) is 10.8. The van der Waals surface area contributed by atoms with Crippen LogP contribution in [0.2, 0.25) is 0 Å². The molecule has 0 spiro atoms. The summed E-state index contributed by atoms with van der Waals surface area (Å²) in [6.07, 6.45) is 1.76. The second-order valence-electron chi connectivity index (χ2n) is 4.77. The van der Waals surface area contributed by atoms with Crippen LogP contribution in [0.3, 0.4) is 0 Å². The number of hydrogen-bond acceptors (Lipinski definition) is 7. The smallest absolute Gasteiger partial charge is 0.329 e. The monoisotopic (exact) mass is 350 g/mol. The van der Waals surface area contributed by atoms with Crippen molar-refractivity contribution in [1.29, 1.82) is 0 Å². The van der Waals surface area contributed by atoms with Crippen LogP contribution in [0.15, 0.2) is 23.3 Å². The average molecular weight is 350 g/mol. The zero-order valence-electron chi connectivity index (χ0n) is 14.0. The molecule has 9 heteroatoms. The van der Waals surface area contributed by atoms with E-state index in [0.717, 1.165) is 0 Å². The summed E-state index contributed by atoms with van der Waals surface area (Å²) in [5.74, 6) is -2.74. The molecule has 0 fully saturated rings. The average Bonchev–Trinajstić information content (AvgIpc) is 2.59. The van der Waals surface area contributed by atoms with E-state index in [1.54, 1.807) is 6.92 Å². The quantitative estimate of drug-likeness (QED) is 0.256. The van der Waals surface area contributed by atoms with Crippen LogP contribution in [0.1, 0.15) is 29.3 Å². The molecule has 9 nitrogen and oxygen atoms in total. The molecule has 1 aromatic rings. The highest BCUT2D eigenvalue weighted by atomic mass is 16.5. The Labute approximate surface area is 145 Å². The lowest BCUT2D eigenvalue weighted by atomic mass is 10.1. The van der Waals surface area contributed by atoms with Gasteiger partial charge in [0.2, 0.25) is 0 Å². The Hall–Kier alpha value is -2.94. The topological polar surface area (TPSA) is 129 Å². The highest BCUT2D eigenvalue weighted by Gasteiger charge is 2.11. The van der Waals surface area contributed by atoms with Gasteiger partial charge < -0.3 is 24.7 Å². The number of amides is 2. The molecular formula is C16H20N3O6-. The van der Waals surface area contributed by atoms with Gasteiger partial charge in [0.15, 0.2) is 0 Å². The minimum absolute atomic E-state index is 0.0629. The molecule has 0 aliphatic rings. The normalized spacial score (nSPS) is 10.5. The number of methoxy groups -OCH3 is 1. The van der Waals surface area contributed by atoms with E-state index in [-0.39, 0.29) is 5.56 Å². The SMILES string of the molecule is CCOc1ccc(C(=O)[O-])cc1/C=N\NC(=O)C(=O)NCCCOC. The molecule has 136 valence electrons. The van der Waals surface area contributed by atoms with Gasteiger partial charge in [-0.25, -0.2) is 5.43 Å². The third-order valence-corrected chi connectivity index (χ3v) is 2.93. The maximum Gasteiger partial charge on any atom is 0.329 e.